The molecule has 142 valence electrons. The molecule has 0 saturated carbocycles. The zero-order valence-corrected chi connectivity index (χ0v) is 15.6. The first-order valence-corrected chi connectivity index (χ1v) is 9.01. The van der Waals surface area contributed by atoms with Gasteiger partial charge in [-0.05, 0) is 42.7 Å². The summed E-state index contributed by atoms with van der Waals surface area (Å²) in [4.78, 5) is 26.6. The van der Waals surface area contributed by atoms with Gasteiger partial charge in [-0.15, -0.1) is 0 Å². The van der Waals surface area contributed by atoms with Gasteiger partial charge in [-0.1, -0.05) is 35.9 Å². The summed E-state index contributed by atoms with van der Waals surface area (Å²) in [7, 11) is 1.34. The van der Waals surface area contributed by atoms with Crippen molar-refractivity contribution in [1.29, 1.82) is 0 Å². The van der Waals surface area contributed by atoms with Crippen LogP contribution in [0, 0.1) is 0 Å². The van der Waals surface area contributed by atoms with E-state index in [1.165, 1.54) is 7.05 Å². The molecule has 2 aromatic carbocycles. The van der Waals surface area contributed by atoms with Crippen molar-refractivity contribution in [1.82, 2.24) is 4.90 Å². The van der Waals surface area contributed by atoms with Crippen molar-refractivity contribution in [2.75, 3.05) is 25.0 Å². The molecule has 27 heavy (non-hydrogen) atoms. The number of hydrogen-bond donors (Lipinski definition) is 1. The Bertz CT molecular complexity index is 845. The largest absolute Gasteiger partial charge is 0.530 e. The summed E-state index contributed by atoms with van der Waals surface area (Å²) in [6, 6.07) is 13.6. The zero-order chi connectivity index (χ0) is 19.6. The molecule has 3 rings (SSSR count). The average Bonchev–Trinajstić information content (AvgIpc) is 2.68. The van der Waals surface area contributed by atoms with E-state index < -0.39 is 11.7 Å². The van der Waals surface area contributed by atoms with Gasteiger partial charge in [0.2, 0.25) is 0 Å². The smallest absolute Gasteiger partial charge is 0.255 e. The normalized spacial score (nSPS) is 16.0. The third kappa shape index (κ3) is 3.91. The second kappa shape index (κ2) is 7.58. The fourth-order valence-electron chi connectivity index (χ4n) is 3.34. The van der Waals surface area contributed by atoms with E-state index in [1.54, 1.807) is 53.4 Å². The molecule has 0 atom stereocenters. The van der Waals surface area contributed by atoms with Gasteiger partial charge in [0, 0.05) is 25.2 Å². The lowest BCUT2D eigenvalue weighted by molar-refractivity contribution is -0.246. The number of amides is 2. The van der Waals surface area contributed by atoms with Crippen molar-refractivity contribution >= 4 is 29.3 Å². The fraction of sp³-hybridized carbons (Fsp3) is 0.300. The van der Waals surface area contributed by atoms with Crippen LogP contribution in [0.3, 0.4) is 0 Å². The summed E-state index contributed by atoms with van der Waals surface area (Å²) >= 11 is 5.91. The minimum absolute atomic E-state index is 0.267. The molecule has 2 aromatic rings. The first kappa shape index (κ1) is 19.2. The number of carboxylic acid groups (broad SMARTS) is 1. The lowest BCUT2D eigenvalue weighted by atomic mass is 9.84. The van der Waals surface area contributed by atoms with Gasteiger partial charge in [-0.3, -0.25) is 4.79 Å². The van der Waals surface area contributed by atoms with E-state index in [4.69, 9.17) is 11.6 Å². The number of halogens is 1. The maximum absolute atomic E-state index is 12.9. The van der Waals surface area contributed by atoms with E-state index >= 15 is 0 Å². The van der Waals surface area contributed by atoms with Crippen molar-refractivity contribution in [3.05, 3.63) is 64.7 Å². The van der Waals surface area contributed by atoms with Crippen molar-refractivity contribution in [2.45, 2.75) is 18.4 Å². The summed E-state index contributed by atoms with van der Waals surface area (Å²) in [5.74, 6) is -0.267. The van der Waals surface area contributed by atoms with Crippen LogP contribution in [0.25, 0.3) is 0 Å². The minimum atomic E-state index is -1.38. The Balaban J connectivity index is 1.76. The molecule has 7 heteroatoms. The number of piperidine rings is 1. The van der Waals surface area contributed by atoms with Crippen molar-refractivity contribution in [3.8, 4) is 0 Å². The molecular formula is C20H20ClN2O4-. The highest BCUT2D eigenvalue weighted by Gasteiger charge is 2.36. The Kier molecular flexibility index (Phi) is 5.39. The molecule has 1 aliphatic heterocycles. The van der Waals surface area contributed by atoms with Gasteiger partial charge in [-0.25, -0.2) is 0 Å². The summed E-state index contributed by atoms with van der Waals surface area (Å²) in [5.41, 5.74) is 0.334. The van der Waals surface area contributed by atoms with Crippen molar-refractivity contribution in [2.24, 2.45) is 0 Å². The summed E-state index contributed by atoms with van der Waals surface area (Å²) in [6.45, 7) is 0.725. The van der Waals surface area contributed by atoms with Gasteiger partial charge < -0.3 is 24.8 Å². The highest BCUT2D eigenvalue weighted by atomic mass is 35.5. The van der Waals surface area contributed by atoms with Gasteiger partial charge in [0.1, 0.15) is 6.09 Å². The number of para-hydroxylation sites is 1. The Morgan fingerprint density at radius 3 is 2.30 bits per heavy atom. The number of likely N-dealkylation sites (tertiary alicyclic amines) is 1. The average molecular weight is 388 g/mol. The molecule has 1 fully saturated rings. The van der Waals surface area contributed by atoms with Crippen LogP contribution >= 0.6 is 11.6 Å². The van der Waals surface area contributed by atoms with Crippen molar-refractivity contribution < 1.29 is 19.8 Å². The van der Waals surface area contributed by atoms with E-state index in [-0.39, 0.29) is 11.6 Å². The molecule has 6 nitrogen and oxygen atoms in total. The van der Waals surface area contributed by atoms with Crippen LogP contribution in [0.15, 0.2) is 48.5 Å². The lowest BCUT2D eigenvalue weighted by Crippen LogP contribution is -2.46. The van der Waals surface area contributed by atoms with E-state index in [0.29, 0.717) is 36.5 Å². The summed E-state index contributed by atoms with van der Waals surface area (Å²) in [6.07, 6.45) is -0.608. The lowest BCUT2D eigenvalue weighted by Gasteiger charge is -2.39. The molecule has 1 N–H and O–H groups in total. The topological polar surface area (TPSA) is 83.9 Å². The number of rotatable bonds is 3. The SMILES string of the molecule is CN(C(=O)[O-])c1ccccc1C(=O)N1CCC(O)(c2ccc(Cl)cc2)CC1. The maximum Gasteiger partial charge on any atom is 0.255 e. The predicted molar refractivity (Wildman–Crippen MR) is 101 cm³/mol. The Labute approximate surface area is 162 Å². The van der Waals surface area contributed by atoms with E-state index in [9.17, 15) is 19.8 Å². The fourth-order valence-corrected chi connectivity index (χ4v) is 3.47. The summed E-state index contributed by atoms with van der Waals surface area (Å²) in [5, 5.41) is 22.7. The maximum atomic E-state index is 12.9. The molecule has 1 aliphatic rings. The quantitative estimate of drug-likeness (QED) is 0.875. The number of carbonyl (C=O) groups is 2. The van der Waals surface area contributed by atoms with Crippen LogP contribution in [0.4, 0.5) is 10.5 Å². The second-order valence-electron chi connectivity index (χ2n) is 6.67. The molecular weight excluding hydrogens is 368 g/mol. The van der Waals surface area contributed by atoms with Gasteiger partial charge in [0.05, 0.1) is 16.9 Å². The standard InChI is InChI=1S/C20H21ClN2O4/c1-22(19(25)26)17-5-3-2-4-16(17)18(24)23-12-10-20(27,11-13-23)14-6-8-15(21)9-7-14/h2-9,27H,10-13H2,1H3,(H,25,26)/p-1. The third-order valence-electron chi connectivity index (χ3n) is 5.03. The Hall–Kier alpha value is -2.57. The minimum Gasteiger partial charge on any atom is -0.530 e. The van der Waals surface area contributed by atoms with E-state index in [1.807, 2.05) is 0 Å². The molecule has 0 spiro atoms. The predicted octanol–water partition coefficient (Wildman–Crippen LogP) is 2.24. The van der Waals surface area contributed by atoms with Crippen LogP contribution in [-0.4, -0.2) is 42.1 Å². The summed E-state index contributed by atoms with van der Waals surface area (Å²) < 4.78 is 0. The van der Waals surface area contributed by atoms with Crippen molar-refractivity contribution in [3.63, 3.8) is 0 Å². The molecule has 0 aromatic heterocycles. The Morgan fingerprint density at radius 2 is 1.70 bits per heavy atom. The molecule has 0 radical (unpaired) electrons. The number of aliphatic hydroxyl groups is 1. The molecule has 1 saturated heterocycles. The van der Waals surface area contributed by atoms with Gasteiger partial charge in [-0.2, -0.15) is 0 Å². The monoisotopic (exact) mass is 387 g/mol. The highest BCUT2D eigenvalue weighted by Crippen LogP contribution is 2.34. The Morgan fingerprint density at radius 1 is 1.11 bits per heavy atom. The molecule has 0 aliphatic carbocycles. The van der Waals surface area contributed by atoms with Crippen LogP contribution in [-0.2, 0) is 5.60 Å². The van der Waals surface area contributed by atoms with Crippen LogP contribution in [0.1, 0.15) is 28.8 Å². The van der Waals surface area contributed by atoms with Gasteiger partial charge in [0.15, 0.2) is 0 Å². The van der Waals surface area contributed by atoms with Gasteiger partial charge >= 0.3 is 0 Å². The molecule has 2 amide bonds. The third-order valence-corrected chi connectivity index (χ3v) is 5.28. The second-order valence-corrected chi connectivity index (χ2v) is 7.11. The number of hydrogen-bond acceptors (Lipinski definition) is 4. The molecule has 0 unspecified atom stereocenters. The van der Waals surface area contributed by atoms with E-state index in [0.717, 1.165) is 10.5 Å². The first-order valence-electron chi connectivity index (χ1n) is 8.63. The number of carbonyl (C=O) groups excluding carboxylic acids is 2. The number of nitrogens with zero attached hydrogens (tertiary/aromatic N) is 2. The van der Waals surface area contributed by atoms with Crippen LogP contribution < -0.4 is 10.0 Å². The van der Waals surface area contributed by atoms with Crippen LogP contribution in [0.2, 0.25) is 5.02 Å². The van der Waals surface area contributed by atoms with E-state index in [2.05, 4.69) is 0 Å². The number of benzene rings is 2. The van der Waals surface area contributed by atoms with Gasteiger partial charge in [0.25, 0.3) is 5.91 Å². The zero-order valence-electron chi connectivity index (χ0n) is 14.9. The first-order chi connectivity index (χ1) is 12.8. The molecule has 0 bridgehead atoms. The number of anilines is 1. The highest BCUT2D eigenvalue weighted by molar-refractivity contribution is 6.30. The van der Waals surface area contributed by atoms with Crippen LogP contribution in [0.5, 0.6) is 0 Å². The molecule has 1 heterocycles.